The Labute approximate surface area is 118 Å². The van der Waals surface area contributed by atoms with E-state index in [4.69, 9.17) is 0 Å². The maximum absolute atomic E-state index is 3.52. The highest BCUT2D eigenvalue weighted by atomic mass is 32.1. The molecule has 0 saturated carbocycles. The van der Waals surface area contributed by atoms with Crippen molar-refractivity contribution in [2.24, 2.45) is 0 Å². The van der Waals surface area contributed by atoms with Crippen molar-refractivity contribution in [2.45, 2.75) is 39.2 Å². The first-order valence-electron chi connectivity index (χ1n) is 6.37. The van der Waals surface area contributed by atoms with E-state index in [1.807, 2.05) is 11.3 Å². The molecule has 0 amide bonds. The van der Waals surface area contributed by atoms with Crippen LogP contribution < -0.4 is 5.32 Å². The van der Waals surface area contributed by atoms with Crippen LogP contribution in [-0.2, 0) is 18.4 Å². The van der Waals surface area contributed by atoms with Crippen LogP contribution in [0.2, 0.25) is 0 Å². The second-order valence-corrected chi connectivity index (χ2v) is 7.52. The topological polar surface area (TPSA) is 12.0 Å². The van der Waals surface area contributed by atoms with E-state index in [1.165, 1.54) is 15.3 Å². The van der Waals surface area contributed by atoms with Crippen molar-refractivity contribution in [3.05, 3.63) is 44.3 Å². The Balaban J connectivity index is 1.75. The predicted molar refractivity (Wildman–Crippen MR) is 82.7 cm³/mol. The van der Waals surface area contributed by atoms with Gasteiger partial charge in [-0.25, -0.2) is 0 Å². The van der Waals surface area contributed by atoms with E-state index in [2.05, 4.69) is 55.0 Å². The van der Waals surface area contributed by atoms with Crippen LogP contribution in [0.1, 0.15) is 36.1 Å². The van der Waals surface area contributed by atoms with Gasteiger partial charge in [-0.3, -0.25) is 0 Å². The molecule has 0 aliphatic heterocycles. The summed E-state index contributed by atoms with van der Waals surface area (Å²) in [6, 6.07) is 6.72. The van der Waals surface area contributed by atoms with Gasteiger partial charge in [0.1, 0.15) is 0 Å². The van der Waals surface area contributed by atoms with Crippen molar-refractivity contribution < 1.29 is 0 Å². The lowest BCUT2D eigenvalue weighted by atomic mass is 9.95. The van der Waals surface area contributed by atoms with Gasteiger partial charge in [0.2, 0.25) is 0 Å². The highest BCUT2D eigenvalue weighted by molar-refractivity contribution is 7.12. The fraction of sp³-hybridized carbons (Fsp3) is 0.467. The van der Waals surface area contributed by atoms with E-state index in [-0.39, 0.29) is 5.41 Å². The van der Waals surface area contributed by atoms with Gasteiger partial charge in [0.15, 0.2) is 0 Å². The fourth-order valence-corrected chi connectivity index (χ4v) is 3.49. The number of hydrogen-bond donors (Lipinski definition) is 1. The number of nitrogens with one attached hydrogen (secondary N) is 1. The molecule has 1 nitrogen and oxygen atoms in total. The quantitative estimate of drug-likeness (QED) is 0.798. The molecule has 98 valence electrons. The molecule has 0 aliphatic rings. The molecular formula is C15H21NS2. The molecule has 0 unspecified atom stereocenters. The lowest BCUT2D eigenvalue weighted by Crippen LogP contribution is -2.15. The second kappa shape index (κ2) is 6.00. The summed E-state index contributed by atoms with van der Waals surface area (Å²) in [5, 5.41) is 7.89. The summed E-state index contributed by atoms with van der Waals surface area (Å²) in [5.41, 5.74) is 1.72. The lowest BCUT2D eigenvalue weighted by Gasteiger charge is -2.15. The van der Waals surface area contributed by atoms with Crippen LogP contribution in [0.5, 0.6) is 0 Å². The fourth-order valence-electron chi connectivity index (χ4n) is 1.76. The van der Waals surface area contributed by atoms with Crippen molar-refractivity contribution in [1.82, 2.24) is 5.32 Å². The van der Waals surface area contributed by atoms with E-state index < -0.39 is 0 Å². The van der Waals surface area contributed by atoms with Crippen LogP contribution in [-0.4, -0.2) is 6.54 Å². The Bertz CT molecular complexity index is 463. The Morgan fingerprint density at radius 1 is 1.17 bits per heavy atom. The van der Waals surface area contributed by atoms with Crippen molar-refractivity contribution in [3.63, 3.8) is 0 Å². The Morgan fingerprint density at radius 2 is 2.00 bits per heavy atom. The second-order valence-electron chi connectivity index (χ2n) is 5.57. The highest BCUT2D eigenvalue weighted by Crippen LogP contribution is 2.29. The van der Waals surface area contributed by atoms with Gasteiger partial charge in [0.05, 0.1) is 0 Å². The molecule has 2 heterocycles. The molecule has 0 saturated heterocycles. The first-order chi connectivity index (χ1) is 8.55. The average molecular weight is 279 g/mol. The third kappa shape index (κ3) is 3.94. The van der Waals surface area contributed by atoms with E-state index in [9.17, 15) is 0 Å². The third-order valence-corrected chi connectivity index (χ3v) is 5.11. The van der Waals surface area contributed by atoms with Gasteiger partial charge in [-0.1, -0.05) is 20.8 Å². The molecule has 0 aromatic carbocycles. The molecule has 0 aliphatic carbocycles. The van der Waals surface area contributed by atoms with Gasteiger partial charge in [-0.2, -0.15) is 11.3 Å². The number of rotatable bonds is 5. The van der Waals surface area contributed by atoms with Gasteiger partial charge < -0.3 is 5.32 Å². The van der Waals surface area contributed by atoms with Gasteiger partial charge in [-0.15, -0.1) is 11.3 Å². The molecule has 0 fully saturated rings. The van der Waals surface area contributed by atoms with Crippen molar-refractivity contribution >= 4 is 22.7 Å². The number of hydrogen-bond acceptors (Lipinski definition) is 3. The van der Waals surface area contributed by atoms with Gasteiger partial charge >= 0.3 is 0 Å². The van der Waals surface area contributed by atoms with E-state index >= 15 is 0 Å². The van der Waals surface area contributed by atoms with Crippen LogP contribution in [0.25, 0.3) is 0 Å². The van der Waals surface area contributed by atoms with Crippen LogP contribution in [0.4, 0.5) is 0 Å². The zero-order valence-corrected chi connectivity index (χ0v) is 13.0. The normalized spacial score (nSPS) is 11.9. The number of thiophene rings is 2. The minimum absolute atomic E-state index is 0.277. The van der Waals surface area contributed by atoms with Gasteiger partial charge in [-0.05, 0) is 52.9 Å². The maximum atomic E-state index is 3.52. The predicted octanol–water partition coefficient (Wildman–Crippen LogP) is 4.44. The van der Waals surface area contributed by atoms with Crippen LogP contribution in [0.3, 0.4) is 0 Å². The molecule has 2 aromatic rings. The standard InChI is InChI=1S/C15H21NS2/c1-15(2,3)14-5-4-13(18-14)10-16-8-6-12-7-9-17-11-12/h4-5,7,9,11,16H,6,8,10H2,1-3H3. The minimum Gasteiger partial charge on any atom is -0.312 e. The third-order valence-electron chi connectivity index (χ3n) is 2.87. The molecule has 0 spiro atoms. The van der Waals surface area contributed by atoms with Crippen molar-refractivity contribution in [3.8, 4) is 0 Å². The highest BCUT2D eigenvalue weighted by Gasteiger charge is 2.15. The monoisotopic (exact) mass is 279 g/mol. The molecule has 2 aromatic heterocycles. The smallest absolute Gasteiger partial charge is 0.0299 e. The summed E-state index contributed by atoms with van der Waals surface area (Å²) >= 11 is 3.70. The largest absolute Gasteiger partial charge is 0.312 e. The van der Waals surface area contributed by atoms with Crippen LogP contribution >= 0.6 is 22.7 Å². The lowest BCUT2D eigenvalue weighted by molar-refractivity contribution is 0.604. The first-order valence-corrected chi connectivity index (χ1v) is 8.12. The van der Waals surface area contributed by atoms with Gasteiger partial charge in [0.25, 0.3) is 0 Å². The molecule has 2 rings (SSSR count). The van der Waals surface area contributed by atoms with E-state index in [1.54, 1.807) is 11.3 Å². The van der Waals surface area contributed by atoms with E-state index in [0.29, 0.717) is 0 Å². The summed E-state index contributed by atoms with van der Waals surface area (Å²) < 4.78 is 0. The molecule has 0 atom stereocenters. The zero-order valence-electron chi connectivity index (χ0n) is 11.3. The molecule has 18 heavy (non-hydrogen) atoms. The Morgan fingerprint density at radius 3 is 2.61 bits per heavy atom. The summed E-state index contributed by atoms with van der Waals surface area (Å²) in [6.07, 6.45) is 1.13. The summed E-state index contributed by atoms with van der Waals surface area (Å²) in [5.74, 6) is 0. The average Bonchev–Trinajstić information content (AvgIpc) is 2.95. The summed E-state index contributed by atoms with van der Waals surface area (Å²) in [6.45, 7) is 8.86. The van der Waals surface area contributed by atoms with Gasteiger partial charge in [0, 0.05) is 16.3 Å². The molecule has 0 radical (unpaired) electrons. The minimum atomic E-state index is 0.277. The van der Waals surface area contributed by atoms with Crippen LogP contribution in [0.15, 0.2) is 29.0 Å². The molecule has 0 bridgehead atoms. The van der Waals surface area contributed by atoms with E-state index in [0.717, 1.165) is 19.5 Å². The molecule has 3 heteroatoms. The van der Waals surface area contributed by atoms with Crippen LogP contribution in [0, 0.1) is 0 Å². The maximum Gasteiger partial charge on any atom is 0.0299 e. The Hall–Kier alpha value is -0.640. The first kappa shape index (κ1) is 13.8. The molecular weight excluding hydrogens is 258 g/mol. The zero-order chi connectivity index (χ0) is 13.0. The summed E-state index contributed by atoms with van der Waals surface area (Å²) in [4.78, 5) is 2.90. The molecule has 1 N–H and O–H groups in total. The Kier molecular flexibility index (Phi) is 4.60. The SMILES string of the molecule is CC(C)(C)c1ccc(CNCCc2ccsc2)s1. The van der Waals surface area contributed by atoms with Crippen molar-refractivity contribution in [1.29, 1.82) is 0 Å². The summed E-state index contributed by atoms with van der Waals surface area (Å²) in [7, 11) is 0. The van der Waals surface area contributed by atoms with Crippen molar-refractivity contribution in [2.75, 3.05) is 6.54 Å².